The molecule has 0 N–H and O–H groups in total. The second-order valence-electron chi connectivity index (χ2n) is 3.30. The van der Waals surface area contributed by atoms with E-state index in [1.54, 1.807) is 6.92 Å². The van der Waals surface area contributed by atoms with Crippen LogP contribution in [0, 0.1) is 22.5 Å². The van der Waals surface area contributed by atoms with Crippen molar-refractivity contribution >= 4 is 5.78 Å². The van der Waals surface area contributed by atoms with Gasteiger partial charge in [0, 0.05) is 17.8 Å². The molecule has 5 heteroatoms. The molecule has 0 aliphatic heterocycles. The molecule has 1 atom stereocenters. The van der Waals surface area contributed by atoms with Crippen LogP contribution in [0.1, 0.15) is 26.7 Å². The third-order valence-electron chi connectivity index (χ3n) is 2.01. The summed E-state index contributed by atoms with van der Waals surface area (Å²) in [6.07, 6.45) is 5.57. The van der Waals surface area contributed by atoms with E-state index in [4.69, 9.17) is 11.2 Å². The lowest BCUT2D eigenvalue weighted by atomic mass is 9.99. The normalized spacial score (nSPS) is 13.9. The molecule has 0 bridgehead atoms. The van der Waals surface area contributed by atoms with Gasteiger partial charge in [0.15, 0.2) is 11.4 Å². The molecule has 0 saturated heterocycles. The quantitative estimate of drug-likeness (QED) is 0.274. The van der Waals surface area contributed by atoms with Gasteiger partial charge in [-0.05, 0) is 6.92 Å². The van der Waals surface area contributed by atoms with E-state index in [0.29, 0.717) is 6.42 Å². The number of nitrogens with zero attached hydrogens (tertiary/aromatic N) is 1. The van der Waals surface area contributed by atoms with Gasteiger partial charge in [0.05, 0.1) is 6.61 Å². The number of carbonyl (C=O) groups excluding carboxylic acids is 1. The Balaban J connectivity index is 4.48. The van der Waals surface area contributed by atoms with Crippen LogP contribution in [-0.4, -0.2) is 29.5 Å². The minimum absolute atomic E-state index is 0.159. The van der Waals surface area contributed by atoms with Crippen LogP contribution in [0.2, 0.25) is 0 Å². The van der Waals surface area contributed by atoms with Crippen LogP contribution in [0.4, 0.5) is 0 Å². The predicted molar refractivity (Wildman–Crippen MR) is 55.0 cm³/mol. The highest BCUT2D eigenvalue weighted by Gasteiger charge is 2.38. The molecule has 15 heavy (non-hydrogen) atoms. The average Bonchev–Trinajstić information content (AvgIpc) is 2.15. The monoisotopic (exact) mass is 213 g/mol. The molecule has 1 unspecified atom stereocenters. The van der Waals surface area contributed by atoms with Gasteiger partial charge in [-0.15, -0.1) is 12.3 Å². The lowest BCUT2D eigenvalue weighted by molar-refractivity contribution is -0.497. The van der Waals surface area contributed by atoms with Crippen molar-refractivity contribution < 1.29 is 14.5 Å². The highest BCUT2D eigenvalue weighted by atomic mass is 16.6. The van der Waals surface area contributed by atoms with E-state index in [-0.39, 0.29) is 18.8 Å². The summed E-state index contributed by atoms with van der Waals surface area (Å²) in [6.45, 7) is 2.71. The zero-order valence-corrected chi connectivity index (χ0v) is 8.99. The zero-order valence-electron chi connectivity index (χ0n) is 8.99. The van der Waals surface area contributed by atoms with Gasteiger partial charge in [0.2, 0.25) is 6.54 Å². The Morgan fingerprint density at radius 3 is 2.67 bits per heavy atom. The largest absolute Gasteiger partial charge is 0.360 e. The summed E-state index contributed by atoms with van der Waals surface area (Å²) in [6, 6.07) is 0. The molecule has 0 aliphatic carbocycles. The lowest BCUT2D eigenvalue weighted by Crippen LogP contribution is -2.44. The van der Waals surface area contributed by atoms with Crippen molar-refractivity contribution in [1.29, 1.82) is 0 Å². The summed E-state index contributed by atoms with van der Waals surface area (Å²) < 4.78 is 5.20. The molecule has 0 aliphatic rings. The Hall–Kier alpha value is -1.41. The first-order valence-electron chi connectivity index (χ1n) is 4.68. The molecule has 0 rings (SSSR count). The molecular formula is C10H15NO4. The van der Waals surface area contributed by atoms with E-state index in [2.05, 4.69) is 5.92 Å². The highest BCUT2D eigenvalue weighted by Crippen LogP contribution is 2.14. The van der Waals surface area contributed by atoms with Crippen molar-refractivity contribution in [2.45, 2.75) is 32.3 Å². The number of Topliss-reactive ketones (excluding diaryl/α,β-unsaturated/α-hetero) is 1. The lowest BCUT2D eigenvalue weighted by Gasteiger charge is -2.23. The number of ketones is 1. The van der Waals surface area contributed by atoms with Crippen molar-refractivity contribution in [3.05, 3.63) is 10.1 Å². The van der Waals surface area contributed by atoms with Gasteiger partial charge in [-0.3, -0.25) is 14.9 Å². The van der Waals surface area contributed by atoms with Crippen LogP contribution in [0.25, 0.3) is 0 Å². The van der Waals surface area contributed by atoms with E-state index in [1.807, 2.05) is 0 Å². The Labute approximate surface area is 89.0 Å². The maximum atomic E-state index is 11.5. The summed E-state index contributed by atoms with van der Waals surface area (Å²) in [7, 11) is 0. The Bertz CT molecular complexity index is 282. The Morgan fingerprint density at radius 1 is 1.67 bits per heavy atom. The van der Waals surface area contributed by atoms with Crippen molar-refractivity contribution in [3.63, 3.8) is 0 Å². The SMILES string of the molecule is C#CCCOC(C)(C[N+](=O)[O-])C(=O)CC. The fourth-order valence-corrected chi connectivity index (χ4v) is 1.17. The molecule has 0 heterocycles. The maximum Gasteiger partial charge on any atom is 0.239 e. The van der Waals surface area contributed by atoms with Crippen molar-refractivity contribution in [2.24, 2.45) is 0 Å². The molecular weight excluding hydrogens is 198 g/mol. The molecule has 0 fully saturated rings. The van der Waals surface area contributed by atoms with Gasteiger partial charge < -0.3 is 4.74 Å². The Morgan fingerprint density at radius 2 is 2.27 bits per heavy atom. The molecule has 0 aromatic rings. The number of carbonyl (C=O) groups is 1. The van der Waals surface area contributed by atoms with Crippen LogP contribution in [0.3, 0.4) is 0 Å². The van der Waals surface area contributed by atoms with Crippen LogP contribution in [-0.2, 0) is 9.53 Å². The Kier molecular flexibility index (Phi) is 5.57. The maximum absolute atomic E-state index is 11.5. The van der Waals surface area contributed by atoms with Crippen molar-refractivity contribution in [1.82, 2.24) is 0 Å². The number of terminal acetylenes is 1. The first kappa shape index (κ1) is 13.6. The minimum Gasteiger partial charge on any atom is -0.360 e. The van der Waals surface area contributed by atoms with E-state index >= 15 is 0 Å². The van der Waals surface area contributed by atoms with Gasteiger partial charge in [0.1, 0.15) is 0 Å². The summed E-state index contributed by atoms with van der Waals surface area (Å²) in [5, 5.41) is 10.4. The van der Waals surface area contributed by atoms with E-state index in [9.17, 15) is 14.9 Å². The van der Waals surface area contributed by atoms with E-state index < -0.39 is 17.1 Å². The number of hydrogen-bond donors (Lipinski definition) is 0. The smallest absolute Gasteiger partial charge is 0.239 e. The second kappa shape index (κ2) is 6.14. The fraction of sp³-hybridized carbons (Fsp3) is 0.700. The van der Waals surface area contributed by atoms with Crippen molar-refractivity contribution in [2.75, 3.05) is 13.2 Å². The van der Waals surface area contributed by atoms with Crippen LogP contribution < -0.4 is 0 Å². The van der Waals surface area contributed by atoms with Crippen LogP contribution >= 0.6 is 0 Å². The van der Waals surface area contributed by atoms with E-state index in [1.165, 1.54) is 6.92 Å². The number of rotatable bonds is 7. The van der Waals surface area contributed by atoms with Crippen LogP contribution in [0.15, 0.2) is 0 Å². The fourth-order valence-electron chi connectivity index (χ4n) is 1.17. The molecule has 84 valence electrons. The molecule has 5 nitrogen and oxygen atoms in total. The summed E-state index contributed by atoms with van der Waals surface area (Å²) in [4.78, 5) is 21.3. The zero-order chi connectivity index (χ0) is 11.9. The average molecular weight is 213 g/mol. The number of ether oxygens (including phenoxy) is 1. The van der Waals surface area contributed by atoms with Gasteiger partial charge in [-0.1, -0.05) is 6.92 Å². The summed E-state index contributed by atoms with van der Waals surface area (Å²) in [5.41, 5.74) is -1.35. The molecule has 0 aromatic carbocycles. The second-order valence-corrected chi connectivity index (χ2v) is 3.30. The molecule has 0 spiro atoms. The highest BCUT2D eigenvalue weighted by molar-refractivity contribution is 5.86. The third-order valence-corrected chi connectivity index (χ3v) is 2.01. The summed E-state index contributed by atoms with van der Waals surface area (Å²) >= 11 is 0. The first-order valence-corrected chi connectivity index (χ1v) is 4.68. The minimum atomic E-state index is -1.35. The summed E-state index contributed by atoms with van der Waals surface area (Å²) in [5.74, 6) is 2.06. The predicted octanol–water partition coefficient (Wildman–Crippen LogP) is 1.04. The number of nitro groups is 1. The molecule has 0 saturated carbocycles. The number of hydrogen-bond acceptors (Lipinski definition) is 4. The first-order chi connectivity index (χ1) is 6.96. The molecule has 0 radical (unpaired) electrons. The van der Waals surface area contributed by atoms with Gasteiger partial charge >= 0.3 is 0 Å². The topological polar surface area (TPSA) is 69.4 Å². The third kappa shape index (κ3) is 4.56. The van der Waals surface area contributed by atoms with Gasteiger partial charge in [-0.25, -0.2) is 0 Å². The molecule has 0 amide bonds. The standard InChI is InChI=1S/C10H15NO4/c1-4-6-7-15-10(3,8-11(13)14)9(12)5-2/h1H,5-8H2,2-3H3. The molecule has 0 aromatic heterocycles. The van der Waals surface area contributed by atoms with Crippen LogP contribution in [0.5, 0.6) is 0 Å². The van der Waals surface area contributed by atoms with E-state index in [0.717, 1.165) is 0 Å². The van der Waals surface area contributed by atoms with Crippen molar-refractivity contribution in [3.8, 4) is 12.3 Å². The van der Waals surface area contributed by atoms with Gasteiger partial charge in [-0.2, -0.15) is 0 Å². The van der Waals surface area contributed by atoms with Gasteiger partial charge in [0.25, 0.3) is 0 Å².